The molecule has 92 valence electrons. The van der Waals surface area contributed by atoms with Crippen LogP contribution in [0.4, 0.5) is 0 Å². The lowest BCUT2D eigenvalue weighted by Crippen LogP contribution is -2.42. The molecular formula is C14H18O3. The number of aliphatic hydroxyl groups is 1. The zero-order valence-electron chi connectivity index (χ0n) is 10.0. The fourth-order valence-corrected chi connectivity index (χ4v) is 2.70. The smallest absolute Gasteiger partial charge is 0.105 e. The molecule has 3 atom stereocenters. The molecule has 1 heterocycles. The Balaban J connectivity index is 1.81. The normalized spacial score (nSPS) is 32.9. The van der Waals surface area contributed by atoms with Crippen LogP contribution in [0.5, 0.6) is 0 Å². The van der Waals surface area contributed by atoms with E-state index in [0.717, 1.165) is 12.0 Å². The minimum absolute atomic E-state index is 0.0891. The van der Waals surface area contributed by atoms with Crippen LogP contribution in [0.1, 0.15) is 36.5 Å². The maximum absolute atomic E-state index is 10.3. The van der Waals surface area contributed by atoms with E-state index < -0.39 is 6.10 Å². The second-order valence-electron chi connectivity index (χ2n) is 5.04. The van der Waals surface area contributed by atoms with Gasteiger partial charge in [0.05, 0.1) is 19.3 Å². The van der Waals surface area contributed by atoms with Gasteiger partial charge in [-0.15, -0.1) is 0 Å². The average molecular weight is 234 g/mol. The van der Waals surface area contributed by atoms with E-state index in [1.807, 2.05) is 18.2 Å². The third-order valence-corrected chi connectivity index (χ3v) is 3.76. The Morgan fingerprint density at radius 3 is 2.59 bits per heavy atom. The van der Waals surface area contributed by atoms with Crippen molar-refractivity contribution in [2.75, 3.05) is 13.2 Å². The molecule has 2 aliphatic rings. The number of benzene rings is 1. The number of fused-ring (bicyclic) bond motifs is 1. The third kappa shape index (κ3) is 1.99. The van der Waals surface area contributed by atoms with Crippen LogP contribution in [-0.4, -0.2) is 30.5 Å². The van der Waals surface area contributed by atoms with Gasteiger partial charge in [-0.25, -0.2) is 0 Å². The molecule has 0 amide bonds. The zero-order valence-corrected chi connectivity index (χ0v) is 10.0. The summed E-state index contributed by atoms with van der Waals surface area (Å²) in [5, 5.41) is 10.3. The van der Waals surface area contributed by atoms with Crippen molar-refractivity contribution in [1.29, 1.82) is 0 Å². The van der Waals surface area contributed by atoms with Gasteiger partial charge in [0.2, 0.25) is 0 Å². The molecule has 1 aromatic rings. The Morgan fingerprint density at radius 1 is 1.24 bits per heavy atom. The number of rotatable bonds is 2. The van der Waals surface area contributed by atoms with E-state index in [-0.39, 0.29) is 12.2 Å². The van der Waals surface area contributed by atoms with Crippen LogP contribution in [-0.2, 0) is 9.47 Å². The topological polar surface area (TPSA) is 38.7 Å². The highest BCUT2D eigenvalue weighted by Gasteiger charge is 2.35. The van der Waals surface area contributed by atoms with Gasteiger partial charge in [0, 0.05) is 0 Å². The van der Waals surface area contributed by atoms with Crippen LogP contribution in [0.15, 0.2) is 24.3 Å². The minimum atomic E-state index is -0.497. The molecule has 3 heteroatoms. The van der Waals surface area contributed by atoms with Crippen LogP contribution < -0.4 is 0 Å². The highest BCUT2D eigenvalue weighted by atomic mass is 16.6. The lowest BCUT2D eigenvalue weighted by molar-refractivity contribution is -0.180. The zero-order chi connectivity index (χ0) is 11.8. The van der Waals surface area contributed by atoms with Crippen molar-refractivity contribution in [3.05, 3.63) is 35.4 Å². The van der Waals surface area contributed by atoms with Crippen molar-refractivity contribution < 1.29 is 14.6 Å². The lowest BCUT2D eigenvalue weighted by atomic mass is 9.80. The molecule has 1 aliphatic carbocycles. The molecule has 0 bridgehead atoms. The Morgan fingerprint density at radius 2 is 1.94 bits per heavy atom. The summed E-state index contributed by atoms with van der Waals surface area (Å²) in [5.74, 6) is 0.445. The molecule has 0 saturated carbocycles. The second-order valence-corrected chi connectivity index (χ2v) is 5.04. The summed E-state index contributed by atoms with van der Waals surface area (Å²) in [4.78, 5) is 0. The van der Waals surface area contributed by atoms with E-state index in [1.165, 1.54) is 5.56 Å². The van der Waals surface area contributed by atoms with Crippen LogP contribution >= 0.6 is 0 Å². The Bertz CT molecular complexity index is 400. The molecular weight excluding hydrogens is 216 g/mol. The van der Waals surface area contributed by atoms with E-state index in [9.17, 15) is 5.11 Å². The largest absolute Gasteiger partial charge is 0.386 e. The van der Waals surface area contributed by atoms with Crippen molar-refractivity contribution in [2.24, 2.45) is 0 Å². The third-order valence-electron chi connectivity index (χ3n) is 3.76. The van der Waals surface area contributed by atoms with Crippen molar-refractivity contribution in [3.63, 3.8) is 0 Å². The predicted octanol–water partition coefficient (Wildman–Crippen LogP) is 2.01. The Hall–Kier alpha value is -0.900. The number of ether oxygens (including phenoxy) is 2. The Kier molecular flexibility index (Phi) is 2.90. The predicted molar refractivity (Wildman–Crippen MR) is 63.9 cm³/mol. The minimum Gasteiger partial charge on any atom is -0.386 e. The van der Waals surface area contributed by atoms with Gasteiger partial charge in [0.15, 0.2) is 0 Å². The molecule has 1 aliphatic heterocycles. The fourth-order valence-electron chi connectivity index (χ4n) is 2.70. The summed E-state index contributed by atoms with van der Waals surface area (Å²) in [6.07, 6.45) is 0.471. The number of aliphatic hydroxyl groups excluding tert-OH is 1. The first-order valence-electron chi connectivity index (χ1n) is 6.26. The van der Waals surface area contributed by atoms with Crippen LogP contribution in [0, 0.1) is 0 Å². The monoisotopic (exact) mass is 234 g/mol. The molecule has 3 nitrogen and oxygen atoms in total. The summed E-state index contributed by atoms with van der Waals surface area (Å²) in [5.41, 5.74) is 2.28. The van der Waals surface area contributed by atoms with Crippen LogP contribution in [0.3, 0.4) is 0 Å². The molecule has 17 heavy (non-hydrogen) atoms. The first-order chi connectivity index (χ1) is 8.25. The van der Waals surface area contributed by atoms with Crippen molar-refractivity contribution in [2.45, 2.75) is 37.6 Å². The molecule has 3 rings (SSSR count). The first-order valence-corrected chi connectivity index (χ1v) is 6.26. The molecule has 1 N–H and O–H groups in total. The van der Waals surface area contributed by atoms with E-state index >= 15 is 0 Å². The number of hydrogen-bond donors (Lipinski definition) is 1. The highest BCUT2D eigenvalue weighted by molar-refractivity contribution is 5.35. The van der Waals surface area contributed by atoms with Gasteiger partial charge < -0.3 is 14.6 Å². The van der Waals surface area contributed by atoms with Gasteiger partial charge >= 0.3 is 0 Å². The average Bonchev–Trinajstić information content (AvgIpc) is 2.30. The molecule has 1 aromatic carbocycles. The van der Waals surface area contributed by atoms with Gasteiger partial charge in [-0.1, -0.05) is 31.2 Å². The first kappa shape index (κ1) is 11.2. The molecule has 0 radical (unpaired) electrons. The Labute approximate surface area is 101 Å². The second kappa shape index (κ2) is 4.41. The van der Waals surface area contributed by atoms with Gasteiger partial charge in [-0.3, -0.25) is 0 Å². The summed E-state index contributed by atoms with van der Waals surface area (Å²) >= 11 is 0. The van der Waals surface area contributed by atoms with Crippen LogP contribution in [0.25, 0.3) is 0 Å². The molecule has 0 aromatic heterocycles. The maximum Gasteiger partial charge on any atom is 0.105 e. The van der Waals surface area contributed by atoms with Gasteiger partial charge in [0.25, 0.3) is 0 Å². The lowest BCUT2D eigenvalue weighted by Gasteiger charge is -2.38. The highest BCUT2D eigenvalue weighted by Crippen LogP contribution is 2.39. The van der Waals surface area contributed by atoms with Crippen LogP contribution in [0.2, 0.25) is 0 Å². The summed E-state index contributed by atoms with van der Waals surface area (Å²) in [7, 11) is 0. The van der Waals surface area contributed by atoms with Gasteiger partial charge in [-0.2, -0.15) is 0 Å². The summed E-state index contributed by atoms with van der Waals surface area (Å²) < 4.78 is 11.0. The molecule has 1 fully saturated rings. The summed E-state index contributed by atoms with van der Waals surface area (Å²) in [6, 6.07) is 8.11. The van der Waals surface area contributed by atoms with Crippen molar-refractivity contribution in [1.82, 2.24) is 0 Å². The van der Waals surface area contributed by atoms with E-state index in [2.05, 4.69) is 13.0 Å². The van der Waals surface area contributed by atoms with E-state index in [4.69, 9.17) is 9.47 Å². The fraction of sp³-hybridized carbons (Fsp3) is 0.571. The quantitative estimate of drug-likeness (QED) is 0.850. The molecule has 0 spiro atoms. The van der Waals surface area contributed by atoms with E-state index in [1.54, 1.807) is 0 Å². The SMILES string of the molecule is CC1CC(OC2COC2)C(O)c2ccccc21. The van der Waals surface area contributed by atoms with E-state index in [0.29, 0.717) is 19.1 Å². The van der Waals surface area contributed by atoms with Crippen molar-refractivity contribution in [3.8, 4) is 0 Å². The summed E-state index contributed by atoms with van der Waals surface area (Å²) in [6.45, 7) is 3.52. The molecule has 1 saturated heterocycles. The standard InChI is InChI=1S/C14H18O3/c1-9-6-13(17-10-7-16-8-10)14(15)12-5-3-2-4-11(9)12/h2-5,9-10,13-15H,6-8H2,1H3. The maximum atomic E-state index is 10.3. The molecule has 3 unspecified atom stereocenters. The van der Waals surface area contributed by atoms with Gasteiger partial charge in [0.1, 0.15) is 12.2 Å². The number of hydrogen-bond acceptors (Lipinski definition) is 3. The van der Waals surface area contributed by atoms with Gasteiger partial charge in [-0.05, 0) is 23.5 Å². The van der Waals surface area contributed by atoms with Crippen molar-refractivity contribution >= 4 is 0 Å².